The Morgan fingerprint density at radius 1 is 1.62 bits per heavy atom. The lowest BCUT2D eigenvalue weighted by molar-refractivity contribution is -0.139. The van der Waals surface area contributed by atoms with Crippen molar-refractivity contribution in [1.29, 1.82) is 0 Å². The SMILES string of the molecule is COC(=O)Cc1nc(C)c(C(F)F)cc1I. The molecule has 0 bridgehead atoms. The fourth-order valence-electron chi connectivity index (χ4n) is 1.20. The second kappa shape index (κ2) is 5.51. The van der Waals surface area contributed by atoms with Crippen LogP contribution in [0.3, 0.4) is 0 Å². The highest BCUT2D eigenvalue weighted by Gasteiger charge is 2.16. The van der Waals surface area contributed by atoms with E-state index in [2.05, 4.69) is 9.72 Å². The third-order valence-corrected chi connectivity index (χ3v) is 2.99. The summed E-state index contributed by atoms with van der Waals surface area (Å²) in [5.41, 5.74) is 0.613. The molecule has 1 rings (SSSR count). The number of ether oxygens (including phenoxy) is 1. The van der Waals surface area contributed by atoms with Crippen LogP contribution in [0.5, 0.6) is 0 Å². The third kappa shape index (κ3) is 3.10. The van der Waals surface area contributed by atoms with Crippen LogP contribution in [0.15, 0.2) is 6.07 Å². The van der Waals surface area contributed by atoms with Gasteiger partial charge in [-0.1, -0.05) is 0 Å². The third-order valence-electron chi connectivity index (χ3n) is 2.05. The molecule has 0 amide bonds. The number of nitrogens with zero attached hydrogens (tertiary/aromatic N) is 1. The van der Waals surface area contributed by atoms with Gasteiger partial charge in [-0.05, 0) is 35.6 Å². The van der Waals surface area contributed by atoms with Gasteiger partial charge in [0, 0.05) is 14.8 Å². The van der Waals surface area contributed by atoms with E-state index in [0.717, 1.165) is 0 Å². The van der Waals surface area contributed by atoms with Crippen LogP contribution in [0.2, 0.25) is 0 Å². The molecule has 0 saturated heterocycles. The summed E-state index contributed by atoms with van der Waals surface area (Å²) in [6.45, 7) is 1.50. The van der Waals surface area contributed by atoms with Crippen molar-refractivity contribution >= 4 is 28.6 Å². The van der Waals surface area contributed by atoms with Gasteiger partial charge >= 0.3 is 5.97 Å². The zero-order valence-electron chi connectivity index (χ0n) is 8.76. The molecule has 6 heteroatoms. The van der Waals surface area contributed by atoms with E-state index in [4.69, 9.17) is 0 Å². The lowest BCUT2D eigenvalue weighted by atomic mass is 10.1. The second-order valence-corrected chi connectivity index (χ2v) is 4.31. The minimum atomic E-state index is -2.55. The van der Waals surface area contributed by atoms with Gasteiger partial charge in [-0.25, -0.2) is 8.78 Å². The molecule has 0 N–H and O–H groups in total. The molecule has 0 atom stereocenters. The maximum absolute atomic E-state index is 12.5. The van der Waals surface area contributed by atoms with Gasteiger partial charge in [0.2, 0.25) is 0 Å². The molecule has 1 heterocycles. The van der Waals surface area contributed by atoms with Gasteiger partial charge in [-0.15, -0.1) is 0 Å². The predicted octanol–water partition coefficient (Wildman–Crippen LogP) is 2.65. The van der Waals surface area contributed by atoms with Crippen molar-refractivity contribution in [3.8, 4) is 0 Å². The average molecular weight is 341 g/mol. The molecule has 1 aromatic rings. The molecule has 1 aromatic heterocycles. The number of pyridine rings is 1. The molecular weight excluding hydrogens is 331 g/mol. The molecule has 0 spiro atoms. The van der Waals surface area contributed by atoms with Crippen LogP contribution in [0.25, 0.3) is 0 Å². The Balaban J connectivity index is 3.05. The van der Waals surface area contributed by atoms with Crippen LogP contribution in [-0.4, -0.2) is 18.1 Å². The Kier molecular flexibility index (Phi) is 4.57. The first-order valence-corrected chi connectivity index (χ1v) is 5.54. The Bertz CT molecular complexity index is 410. The lowest BCUT2D eigenvalue weighted by Crippen LogP contribution is -2.09. The Morgan fingerprint density at radius 2 is 2.25 bits per heavy atom. The van der Waals surface area contributed by atoms with Crippen LogP contribution in [0.4, 0.5) is 8.78 Å². The summed E-state index contributed by atoms with van der Waals surface area (Å²) >= 11 is 1.88. The van der Waals surface area contributed by atoms with Crippen molar-refractivity contribution in [3.63, 3.8) is 0 Å². The zero-order chi connectivity index (χ0) is 12.3. The number of rotatable bonds is 3. The molecule has 0 radical (unpaired) electrons. The van der Waals surface area contributed by atoms with Crippen molar-refractivity contribution in [2.75, 3.05) is 7.11 Å². The van der Waals surface area contributed by atoms with E-state index in [-0.39, 0.29) is 17.7 Å². The van der Waals surface area contributed by atoms with E-state index < -0.39 is 12.4 Å². The molecule has 0 fully saturated rings. The minimum absolute atomic E-state index is 0.000862. The van der Waals surface area contributed by atoms with E-state index >= 15 is 0 Å². The summed E-state index contributed by atoms with van der Waals surface area (Å²) in [5.74, 6) is -0.436. The Morgan fingerprint density at radius 3 is 2.75 bits per heavy atom. The normalized spacial score (nSPS) is 10.6. The first kappa shape index (κ1) is 13.3. The summed E-state index contributed by atoms with van der Waals surface area (Å²) in [5, 5.41) is 0. The standard InChI is InChI=1S/C10H10F2INO2/c1-5-6(10(11)12)3-7(13)8(14-5)4-9(15)16-2/h3,10H,4H2,1-2H3. The van der Waals surface area contributed by atoms with E-state index in [1.807, 2.05) is 22.6 Å². The van der Waals surface area contributed by atoms with E-state index in [0.29, 0.717) is 9.26 Å². The maximum Gasteiger partial charge on any atom is 0.311 e. The largest absolute Gasteiger partial charge is 0.469 e. The van der Waals surface area contributed by atoms with Crippen LogP contribution in [0, 0.1) is 10.5 Å². The highest BCUT2D eigenvalue weighted by Crippen LogP contribution is 2.24. The predicted molar refractivity (Wildman–Crippen MR) is 62.4 cm³/mol. The fourth-order valence-corrected chi connectivity index (χ4v) is 1.85. The van der Waals surface area contributed by atoms with Crippen molar-refractivity contribution in [3.05, 3.63) is 26.6 Å². The monoisotopic (exact) mass is 341 g/mol. The summed E-state index contributed by atoms with van der Waals surface area (Å²) < 4.78 is 30.1. The van der Waals surface area contributed by atoms with E-state index in [1.54, 1.807) is 0 Å². The van der Waals surface area contributed by atoms with Crippen LogP contribution in [0.1, 0.15) is 23.4 Å². The molecule has 0 saturated carbocycles. The van der Waals surface area contributed by atoms with Crippen LogP contribution >= 0.6 is 22.6 Å². The number of methoxy groups -OCH3 is 1. The first-order chi connectivity index (χ1) is 7.45. The number of aryl methyl sites for hydroxylation is 1. The quantitative estimate of drug-likeness (QED) is 0.627. The lowest BCUT2D eigenvalue weighted by Gasteiger charge is -2.08. The van der Waals surface area contributed by atoms with Gasteiger partial charge in [0.1, 0.15) is 0 Å². The minimum Gasteiger partial charge on any atom is -0.469 e. The van der Waals surface area contributed by atoms with Gasteiger partial charge in [0.25, 0.3) is 6.43 Å². The van der Waals surface area contributed by atoms with Crippen molar-refractivity contribution in [2.24, 2.45) is 0 Å². The molecule has 0 aliphatic carbocycles. The van der Waals surface area contributed by atoms with Gasteiger partial charge in [-0.3, -0.25) is 9.78 Å². The summed E-state index contributed by atoms with van der Waals surface area (Å²) in [7, 11) is 1.27. The smallest absolute Gasteiger partial charge is 0.311 e. The molecule has 0 aliphatic rings. The number of carbonyl (C=O) groups excluding carboxylic acids is 1. The Hall–Kier alpha value is -0.790. The molecule has 0 aliphatic heterocycles. The maximum atomic E-state index is 12.5. The van der Waals surface area contributed by atoms with Crippen molar-refractivity contribution in [1.82, 2.24) is 4.98 Å². The molecule has 0 unspecified atom stereocenters. The van der Waals surface area contributed by atoms with Crippen molar-refractivity contribution < 1.29 is 18.3 Å². The molecular formula is C10H10F2INO2. The molecule has 16 heavy (non-hydrogen) atoms. The molecule has 0 aromatic carbocycles. The van der Waals surface area contributed by atoms with E-state index in [9.17, 15) is 13.6 Å². The van der Waals surface area contributed by atoms with Gasteiger partial charge in [0.05, 0.1) is 19.2 Å². The number of aromatic nitrogens is 1. The Labute approximate surface area is 105 Å². The summed E-state index contributed by atoms with van der Waals surface area (Å²) in [4.78, 5) is 15.0. The van der Waals surface area contributed by atoms with Gasteiger partial charge < -0.3 is 4.74 Å². The number of carbonyl (C=O) groups is 1. The van der Waals surface area contributed by atoms with E-state index in [1.165, 1.54) is 20.1 Å². The number of hydrogen-bond acceptors (Lipinski definition) is 3. The van der Waals surface area contributed by atoms with Crippen LogP contribution in [-0.2, 0) is 16.0 Å². The first-order valence-electron chi connectivity index (χ1n) is 4.46. The van der Waals surface area contributed by atoms with Crippen LogP contribution < -0.4 is 0 Å². The topological polar surface area (TPSA) is 39.2 Å². The number of alkyl halides is 2. The summed E-state index contributed by atoms with van der Waals surface area (Å²) in [6, 6.07) is 1.35. The number of halogens is 3. The fraction of sp³-hybridized carbons (Fsp3) is 0.400. The average Bonchev–Trinajstić information content (AvgIpc) is 2.22. The summed E-state index contributed by atoms with van der Waals surface area (Å²) in [6.07, 6.45) is -2.55. The highest BCUT2D eigenvalue weighted by atomic mass is 127. The molecule has 88 valence electrons. The van der Waals surface area contributed by atoms with Gasteiger partial charge in [0.15, 0.2) is 0 Å². The molecule has 3 nitrogen and oxygen atoms in total. The highest BCUT2D eigenvalue weighted by molar-refractivity contribution is 14.1. The van der Waals surface area contributed by atoms with Gasteiger partial charge in [-0.2, -0.15) is 0 Å². The zero-order valence-corrected chi connectivity index (χ0v) is 10.9. The number of hydrogen-bond donors (Lipinski definition) is 0. The number of esters is 1. The van der Waals surface area contributed by atoms with Crippen molar-refractivity contribution in [2.45, 2.75) is 19.8 Å². The second-order valence-electron chi connectivity index (χ2n) is 3.15.